The number of benzene rings is 1. The van der Waals surface area contributed by atoms with Crippen LogP contribution in [0.15, 0.2) is 30.3 Å². The third kappa shape index (κ3) is 3.60. The van der Waals surface area contributed by atoms with E-state index in [0.717, 1.165) is 31.2 Å². The average molecular weight is 332 g/mol. The van der Waals surface area contributed by atoms with E-state index in [-0.39, 0.29) is 24.0 Å². The van der Waals surface area contributed by atoms with Crippen molar-refractivity contribution in [2.24, 2.45) is 0 Å². The predicted molar refractivity (Wildman–Crippen MR) is 88.3 cm³/mol. The molecule has 0 bridgehead atoms. The van der Waals surface area contributed by atoms with E-state index >= 15 is 0 Å². The van der Waals surface area contributed by atoms with Gasteiger partial charge >= 0.3 is 0 Å². The highest BCUT2D eigenvalue weighted by atomic mass is 16.5. The lowest BCUT2D eigenvalue weighted by Crippen LogP contribution is -2.58. The van der Waals surface area contributed by atoms with Crippen molar-refractivity contribution in [1.82, 2.24) is 10.6 Å². The van der Waals surface area contributed by atoms with Crippen molar-refractivity contribution in [3.8, 4) is 0 Å². The lowest BCUT2D eigenvalue weighted by molar-refractivity contribution is -0.149. The Bertz CT molecular complexity index is 584. The molecule has 130 valence electrons. The largest absolute Gasteiger partial charge is 0.382 e. The number of amides is 2. The molecule has 0 aromatic heterocycles. The minimum Gasteiger partial charge on any atom is -0.382 e. The fraction of sp³-hybridized carbons (Fsp3) is 0.556. The lowest BCUT2D eigenvalue weighted by atomic mass is 9.95. The highest BCUT2D eigenvalue weighted by Gasteiger charge is 2.41. The second-order valence-corrected chi connectivity index (χ2v) is 6.60. The van der Waals surface area contributed by atoms with Crippen molar-refractivity contribution in [2.45, 2.75) is 43.4 Å². The van der Waals surface area contributed by atoms with Crippen LogP contribution in [-0.2, 0) is 19.1 Å². The summed E-state index contributed by atoms with van der Waals surface area (Å²) in [5.41, 5.74) is 0.538. The Balaban J connectivity index is 1.77. The topological polar surface area (TPSA) is 76.7 Å². The van der Waals surface area contributed by atoms with E-state index in [9.17, 15) is 9.59 Å². The van der Waals surface area contributed by atoms with Gasteiger partial charge in [0.05, 0.1) is 18.2 Å². The zero-order chi connectivity index (χ0) is 17.0. The number of morpholine rings is 1. The van der Waals surface area contributed by atoms with Crippen molar-refractivity contribution in [3.05, 3.63) is 35.9 Å². The molecule has 1 aromatic rings. The molecule has 2 amide bonds. The van der Waals surface area contributed by atoms with Gasteiger partial charge in [0.25, 0.3) is 5.91 Å². The first-order chi connectivity index (χ1) is 11.6. The molecule has 0 spiro atoms. The van der Waals surface area contributed by atoms with Crippen molar-refractivity contribution in [2.75, 3.05) is 20.3 Å². The Morgan fingerprint density at radius 3 is 2.71 bits per heavy atom. The molecule has 2 atom stereocenters. The van der Waals surface area contributed by atoms with E-state index in [0.29, 0.717) is 6.61 Å². The summed E-state index contributed by atoms with van der Waals surface area (Å²) in [6.07, 6.45) is 3.23. The number of carbonyl (C=O) groups excluding carboxylic acids is 2. The van der Waals surface area contributed by atoms with Crippen molar-refractivity contribution in [1.29, 1.82) is 0 Å². The maximum Gasteiger partial charge on any atom is 0.252 e. The summed E-state index contributed by atoms with van der Waals surface area (Å²) in [6.45, 7) is 0.395. The zero-order valence-electron chi connectivity index (χ0n) is 13.9. The van der Waals surface area contributed by atoms with E-state index in [2.05, 4.69) is 10.6 Å². The molecule has 1 aliphatic heterocycles. The van der Waals surface area contributed by atoms with Crippen LogP contribution in [0.4, 0.5) is 0 Å². The van der Waals surface area contributed by atoms with Gasteiger partial charge in [-0.05, 0) is 18.4 Å². The molecule has 2 aliphatic rings. The van der Waals surface area contributed by atoms with Crippen LogP contribution in [0.2, 0.25) is 0 Å². The van der Waals surface area contributed by atoms with Crippen molar-refractivity contribution >= 4 is 11.8 Å². The van der Waals surface area contributed by atoms with Crippen LogP contribution in [0, 0.1) is 0 Å². The van der Waals surface area contributed by atoms with E-state index < -0.39 is 12.1 Å². The SMILES string of the molecule is COCC1(NC(=O)[C@H]2OCC(=O)N[C@@H]2c2ccccc2)CCCC1. The quantitative estimate of drug-likeness (QED) is 0.852. The molecule has 1 aromatic carbocycles. The van der Waals surface area contributed by atoms with Gasteiger partial charge in [-0.15, -0.1) is 0 Å². The number of carbonyl (C=O) groups is 2. The Labute approximate surface area is 141 Å². The molecular formula is C18H24N2O4. The third-order valence-electron chi connectivity index (χ3n) is 4.80. The molecule has 1 saturated carbocycles. The molecule has 1 aliphatic carbocycles. The van der Waals surface area contributed by atoms with Crippen LogP contribution in [0.25, 0.3) is 0 Å². The van der Waals surface area contributed by atoms with E-state index in [4.69, 9.17) is 9.47 Å². The first-order valence-electron chi connectivity index (χ1n) is 8.40. The van der Waals surface area contributed by atoms with Gasteiger partial charge in [0.2, 0.25) is 5.91 Å². The highest BCUT2D eigenvalue weighted by molar-refractivity contribution is 5.86. The molecule has 1 saturated heterocycles. The highest BCUT2D eigenvalue weighted by Crippen LogP contribution is 2.31. The van der Waals surface area contributed by atoms with Gasteiger partial charge in [0.15, 0.2) is 6.10 Å². The maximum absolute atomic E-state index is 12.9. The number of nitrogens with one attached hydrogen (secondary N) is 2. The van der Waals surface area contributed by atoms with Gasteiger partial charge in [-0.3, -0.25) is 9.59 Å². The number of hydrogen-bond donors (Lipinski definition) is 2. The Kier molecular flexibility index (Phi) is 5.16. The van der Waals surface area contributed by atoms with Crippen LogP contribution < -0.4 is 10.6 Å². The summed E-state index contributed by atoms with van der Waals surface area (Å²) in [4.78, 5) is 24.6. The van der Waals surface area contributed by atoms with Gasteiger partial charge in [-0.2, -0.15) is 0 Å². The minimum absolute atomic E-state index is 0.0985. The number of ether oxygens (including phenoxy) is 2. The molecule has 2 fully saturated rings. The molecule has 24 heavy (non-hydrogen) atoms. The van der Waals surface area contributed by atoms with Crippen LogP contribution in [-0.4, -0.2) is 43.8 Å². The van der Waals surface area contributed by atoms with Gasteiger partial charge in [-0.1, -0.05) is 43.2 Å². The molecule has 6 heteroatoms. The summed E-state index contributed by atoms with van der Waals surface area (Å²) in [5, 5.41) is 6.01. The lowest BCUT2D eigenvalue weighted by Gasteiger charge is -2.36. The van der Waals surface area contributed by atoms with Crippen LogP contribution in [0.5, 0.6) is 0 Å². The second kappa shape index (κ2) is 7.32. The molecule has 6 nitrogen and oxygen atoms in total. The fourth-order valence-corrected chi connectivity index (χ4v) is 3.66. The summed E-state index contributed by atoms with van der Waals surface area (Å²) < 4.78 is 10.9. The zero-order valence-corrected chi connectivity index (χ0v) is 13.9. The normalized spacial score (nSPS) is 26.0. The van der Waals surface area contributed by atoms with Gasteiger partial charge in [0, 0.05) is 7.11 Å². The van der Waals surface area contributed by atoms with E-state index in [1.54, 1.807) is 7.11 Å². The summed E-state index contributed by atoms with van der Waals surface area (Å²) >= 11 is 0. The van der Waals surface area contributed by atoms with Crippen molar-refractivity contribution in [3.63, 3.8) is 0 Å². The molecular weight excluding hydrogens is 308 g/mol. The van der Waals surface area contributed by atoms with Crippen LogP contribution in [0.1, 0.15) is 37.3 Å². The first kappa shape index (κ1) is 16.9. The molecule has 3 rings (SSSR count). The molecule has 0 unspecified atom stereocenters. The summed E-state index contributed by atoms with van der Waals surface area (Å²) in [7, 11) is 1.65. The second-order valence-electron chi connectivity index (χ2n) is 6.60. The van der Waals surface area contributed by atoms with Crippen LogP contribution >= 0.6 is 0 Å². The number of methoxy groups -OCH3 is 1. The third-order valence-corrected chi connectivity index (χ3v) is 4.80. The Morgan fingerprint density at radius 1 is 1.33 bits per heavy atom. The first-order valence-corrected chi connectivity index (χ1v) is 8.40. The van der Waals surface area contributed by atoms with E-state index in [1.807, 2.05) is 30.3 Å². The molecule has 0 radical (unpaired) electrons. The standard InChI is InChI=1S/C18H24N2O4/c1-23-12-18(9-5-6-10-18)20-17(22)16-15(19-14(21)11-24-16)13-7-3-2-4-8-13/h2-4,7-8,15-16H,5-6,9-12H2,1H3,(H,19,21)(H,20,22)/t15-,16+/m1/s1. The van der Waals surface area contributed by atoms with Gasteiger partial charge in [0.1, 0.15) is 6.61 Å². The maximum atomic E-state index is 12.9. The van der Waals surface area contributed by atoms with Gasteiger partial charge < -0.3 is 20.1 Å². The predicted octanol–water partition coefficient (Wildman–Crippen LogP) is 1.32. The Morgan fingerprint density at radius 2 is 2.04 bits per heavy atom. The van der Waals surface area contributed by atoms with Crippen LogP contribution in [0.3, 0.4) is 0 Å². The molecule has 1 heterocycles. The fourth-order valence-electron chi connectivity index (χ4n) is 3.66. The van der Waals surface area contributed by atoms with Crippen molar-refractivity contribution < 1.29 is 19.1 Å². The average Bonchev–Trinajstić information content (AvgIpc) is 3.04. The molecule has 2 N–H and O–H groups in total. The monoisotopic (exact) mass is 332 g/mol. The van der Waals surface area contributed by atoms with E-state index in [1.165, 1.54) is 0 Å². The summed E-state index contributed by atoms with van der Waals surface area (Å²) in [5.74, 6) is -0.400. The number of hydrogen-bond acceptors (Lipinski definition) is 4. The Hall–Kier alpha value is -1.92. The summed E-state index contributed by atoms with van der Waals surface area (Å²) in [6, 6.07) is 8.97. The van der Waals surface area contributed by atoms with Gasteiger partial charge in [-0.25, -0.2) is 0 Å². The minimum atomic E-state index is -0.737. The smallest absolute Gasteiger partial charge is 0.252 e. The number of rotatable bonds is 5.